The fourth-order valence-corrected chi connectivity index (χ4v) is 3.71. The Labute approximate surface area is 214 Å². The van der Waals surface area contributed by atoms with Crippen LogP contribution in [0.15, 0.2) is 35.5 Å². The van der Waals surface area contributed by atoms with Crippen LogP contribution in [0.4, 0.5) is 0 Å². The van der Waals surface area contributed by atoms with Crippen molar-refractivity contribution in [3.05, 3.63) is 36.0 Å². The monoisotopic (exact) mass is 516 g/mol. The number of carboxylic acid groups (broad SMARTS) is 1. The third-order valence-corrected chi connectivity index (χ3v) is 5.70. The number of nitrogens with one attached hydrogen (secondary N) is 4. The molecular weight excluding hydrogens is 480 g/mol. The first kappa shape index (κ1) is 29.1. The van der Waals surface area contributed by atoms with E-state index >= 15 is 0 Å². The quantitative estimate of drug-likeness (QED) is 0.0871. The second-order valence-electron chi connectivity index (χ2n) is 9.03. The Morgan fingerprint density at radius 3 is 2.43 bits per heavy atom. The number of aromatic amines is 1. The van der Waals surface area contributed by atoms with Gasteiger partial charge in [-0.3, -0.25) is 19.4 Å². The molecule has 2 rings (SSSR count). The van der Waals surface area contributed by atoms with E-state index in [1.54, 1.807) is 20.0 Å². The van der Waals surface area contributed by atoms with Gasteiger partial charge in [0.25, 0.3) is 0 Å². The number of hydrogen-bond donors (Lipinski definition) is 8. The predicted octanol–water partition coefficient (Wildman–Crippen LogP) is -1.08. The summed E-state index contributed by atoms with van der Waals surface area (Å²) in [6.45, 7) is 3.23. The molecule has 1 aromatic heterocycles. The normalized spacial score (nSPS) is 13.4. The topological polar surface area (TPSA) is 231 Å². The van der Waals surface area contributed by atoms with Gasteiger partial charge in [0.1, 0.15) is 12.1 Å². The predicted molar refractivity (Wildman–Crippen MR) is 139 cm³/mol. The van der Waals surface area contributed by atoms with Crippen LogP contribution in [0.3, 0.4) is 0 Å². The van der Waals surface area contributed by atoms with Gasteiger partial charge in [0.15, 0.2) is 5.96 Å². The third-order valence-electron chi connectivity index (χ3n) is 5.70. The Morgan fingerprint density at radius 2 is 1.78 bits per heavy atom. The standard InChI is InChI=1S/C24H36N8O5/c1-13(2)20(22(35)31-18(23(36)37)8-5-9-28-24(26)27)32-19(33)12-30-21(34)16(25)10-14-11-29-17-7-4-3-6-15(14)17/h3-4,6-7,11,13,16,18,20,29H,5,8-10,12,25H2,1-2H3,(H,30,34)(H,31,35)(H,32,33)(H,36,37)(H4,26,27,28). The molecule has 0 aliphatic heterocycles. The molecule has 0 saturated carbocycles. The number of aromatic nitrogens is 1. The zero-order valence-corrected chi connectivity index (χ0v) is 21.0. The molecule has 13 heteroatoms. The molecule has 11 N–H and O–H groups in total. The third kappa shape index (κ3) is 9.11. The van der Waals surface area contributed by atoms with E-state index in [0.29, 0.717) is 6.42 Å². The summed E-state index contributed by atoms with van der Waals surface area (Å²) in [5, 5.41) is 17.9. The second-order valence-corrected chi connectivity index (χ2v) is 9.03. The molecule has 1 heterocycles. The van der Waals surface area contributed by atoms with Crippen molar-refractivity contribution >= 4 is 40.6 Å². The summed E-state index contributed by atoms with van der Waals surface area (Å²) >= 11 is 0. The van der Waals surface area contributed by atoms with Gasteiger partial charge in [-0.15, -0.1) is 0 Å². The molecular formula is C24H36N8O5. The Hall–Kier alpha value is -4.13. The van der Waals surface area contributed by atoms with Crippen molar-refractivity contribution < 1.29 is 24.3 Å². The number of nitrogens with two attached hydrogens (primary N) is 3. The number of rotatable bonds is 14. The molecule has 0 bridgehead atoms. The maximum atomic E-state index is 12.7. The number of nitrogens with zero attached hydrogens (tertiary/aromatic N) is 1. The van der Waals surface area contributed by atoms with Crippen molar-refractivity contribution in [2.24, 2.45) is 28.1 Å². The van der Waals surface area contributed by atoms with Gasteiger partial charge >= 0.3 is 5.97 Å². The SMILES string of the molecule is CC(C)C(NC(=O)CNC(=O)C(N)Cc1c[nH]c2ccccc12)C(=O)NC(CCCN=C(N)N)C(=O)O. The van der Waals surface area contributed by atoms with Gasteiger partial charge in [-0.2, -0.15) is 0 Å². The van der Waals surface area contributed by atoms with Gasteiger partial charge in [0.2, 0.25) is 17.7 Å². The molecule has 37 heavy (non-hydrogen) atoms. The number of aliphatic carboxylic acids is 1. The number of carbonyl (C=O) groups is 4. The van der Waals surface area contributed by atoms with Gasteiger partial charge < -0.3 is 43.2 Å². The van der Waals surface area contributed by atoms with E-state index in [4.69, 9.17) is 17.2 Å². The van der Waals surface area contributed by atoms with Crippen LogP contribution in [-0.4, -0.2) is 71.0 Å². The molecule has 0 spiro atoms. The molecule has 3 atom stereocenters. The van der Waals surface area contributed by atoms with Crippen LogP contribution in [-0.2, 0) is 25.6 Å². The van der Waals surface area contributed by atoms with Crippen molar-refractivity contribution in [2.45, 2.75) is 51.2 Å². The first-order chi connectivity index (χ1) is 17.5. The number of aliphatic imine (C=N–C) groups is 1. The second kappa shape index (κ2) is 13.8. The number of carbonyl (C=O) groups excluding carboxylic acids is 3. The maximum Gasteiger partial charge on any atom is 0.326 e. The smallest absolute Gasteiger partial charge is 0.326 e. The zero-order chi connectivity index (χ0) is 27.5. The molecule has 2 aromatic rings. The number of para-hydroxylation sites is 1. The summed E-state index contributed by atoms with van der Waals surface area (Å²) in [7, 11) is 0. The number of carboxylic acids is 1. The van der Waals surface area contributed by atoms with E-state index in [9.17, 15) is 24.3 Å². The van der Waals surface area contributed by atoms with Crippen molar-refractivity contribution in [3.63, 3.8) is 0 Å². The lowest BCUT2D eigenvalue weighted by Crippen LogP contribution is -2.55. The van der Waals surface area contributed by atoms with E-state index in [2.05, 4.69) is 25.9 Å². The average molecular weight is 517 g/mol. The molecule has 1 aromatic carbocycles. The van der Waals surface area contributed by atoms with Crippen molar-refractivity contribution in [2.75, 3.05) is 13.1 Å². The van der Waals surface area contributed by atoms with Crippen LogP contribution in [0, 0.1) is 5.92 Å². The van der Waals surface area contributed by atoms with E-state index < -0.39 is 48.4 Å². The van der Waals surface area contributed by atoms with Crippen LogP contribution >= 0.6 is 0 Å². The highest BCUT2D eigenvalue weighted by Gasteiger charge is 2.28. The lowest BCUT2D eigenvalue weighted by Gasteiger charge is -2.24. The Morgan fingerprint density at radius 1 is 1.08 bits per heavy atom. The van der Waals surface area contributed by atoms with Crippen molar-refractivity contribution in [1.29, 1.82) is 0 Å². The number of benzene rings is 1. The number of guanidine groups is 1. The summed E-state index contributed by atoms with van der Waals surface area (Å²) in [5.41, 5.74) is 18.3. The van der Waals surface area contributed by atoms with Crippen LogP contribution in [0.2, 0.25) is 0 Å². The number of fused-ring (bicyclic) bond motifs is 1. The first-order valence-corrected chi connectivity index (χ1v) is 12.0. The van der Waals surface area contributed by atoms with Crippen LogP contribution in [0.25, 0.3) is 10.9 Å². The van der Waals surface area contributed by atoms with Gasteiger partial charge in [-0.25, -0.2) is 4.79 Å². The summed E-state index contributed by atoms with van der Waals surface area (Å²) in [6.07, 6.45) is 2.50. The van der Waals surface area contributed by atoms with Crippen LogP contribution in [0.5, 0.6) is 0 Å². The van der Waals surface area contributed by atoms with Crippen molar-refractivity contribution in [1.82, 2.24) is 20.9 Å². The first-order valence-electron chi connectivity index (χ1n) is 12.0. The Kier molecular flexibility index (Phi) is 10.9. The van der Waals surface area contributed by atoms with Crippen molar-refractivity contribution in [3.8, 4) is 0 Å². The molecule has 202 valence electrons. The van der Waals surface area contributed by atoms with Gasteiger partial charge in [0, 0.05) is 23.6 Å². The van der Waals surface area contributed by atoms with E-state index in [1.165, 1.54) is 0 Å². The van der Waals surface area contributed by atoms with Gasteiger partial charge in [0.05, 0.1) is 12.6 Å². The molecule has 13 nitrogen and oxygen atoms in total. The molecule has 3 unspecified atom stereocenters. The molecule has 0 aliphatic rings. The molecule has 0 fully saturated rings. The summed E-state index contributed by atoms with van der Waals surface area (Å²) in [5.74, 6) is -3.45. The number of amides is 3. The van der Waals surface area contributed by atoms with Crippen LogP contribution in [0.1, 0.15) is 32.3 Å². The number of hydrogen-bond acceptors (Lipinski definition) is 6. The minimum absolute atomic E-state index is 0.0982. The molecule has 0 saturated heterocycles. The Bertz CT molecular complexity index is 1130. The highest BCUT2D eigenvalue weighted by atomic mass is 16.4. The van der Waals surface area contributed by atoms with Gasteiger partial charge in [-0.1, -0.05) is 32.0 Å². The minimum Gasteiger partial charge on any atom is -0.480 e. The summed E-state index contributed by atoms with van der Waals surface area (Å²) in [4.78, 5) is 56.1. The van der Waals surface area contributed by atoms with Crippen LogP contribution < -0.4 is 33.2 Å². The van der Waals surface area contributed by atoms with Gasteiger partial charge in [-0.05, 0) is 36.8 Å². The van der Waals surface area contributed by atoms with E-state index in [0.717, 1.165) is 16.5 Å². The highest BCUT2D eigenvalue weighted by Crippen LogP contribution is 2.18. The molecule has 0 radical (unpaired) electrons. The largest absolute Gasteiger partial charge is 0.480 e. The maximum absolute atomic E-state index is 12.7. The summed E-state index contributed by atoms with van der Waals surface area (Å²) in [6, 6.07) is 4.56. The molecule has 0 aliphatic carbocycles. The van der Waals surface area contributed by atoms with E-state index in [-0.39, 0.29) is 31.3 Å². The summed E-state index contributed by atoms with van der Waals surface area (Å²) < 4.78 is 0. The fourth-order valence-electron chi connectivity index (χ4n) is 3.71. The number of H-pyrrole nitrogens is 1. The molecule has 3 amide bonds. The van der Waals surface area contributed by atoms with E-state index in [1.807, 2.05) is 24.3 Å². The lowest BCUT2D eigenvalue weighted by molar-refractivity contribution is -0.142. The highest BCUT2D eigenvalue weighted by molar-refractivity contribution is 5.93. The lowest BCUT2D eigenvalue weighted by atomic mass is 10.0. The fraction of sp³-hybridized carbons (Fsp3) is 0.458. The average Bonchev–Trinajstić information content (AvgIpc) is 3.24. The minimum atomic E-state index is -1.22. The zero-order valence-electron chi connectivity index (χ0n) is 21.0. The Balaban J connectivity index is 1.87.